The number of aromatic nitrogens is 1. The molecule has 1 aromatic rings. The average Bonchev–Trinajstić information content (AvgIpc) is 2.99. The first-order valence-corrected chi connectivity index (χ1v) is 8.14. The number of hydrogen-bond acceptors (Lipinski definition) is 4. The molecule has 0 unspecified atom stereocenters. The van der Waals surface area contributed by atoms with Crippen LogP contribution in [-0.4, -0.2) is 35.2 Å². The van der Waals surface area contributed by atoms with Crippen LogP contribution in [0.3, 0.4) is 0 Å². The summed E-state index contributed by atoms with van der Waals surface area (Å²) in [6.45, 7) is 0.699. The minimum Gasteiger partial charge on any atom is -0.481 e. The Bertz CT molecular complexity index is 470. The zero-order chi connectivity index (χ0) is 15.1. The van der Waals surface area contributed by atoms with Gasteiger partial charge in [-0.1, -0.05) is 19.3 Å². The van der Waals surface area contributed by atoms with E-state index in [1.54, 1.807) is 17.5 Å². The van der Waals surface area contributed by atoms with Gasteiger partial charge >= 0.3 is 12.0 Å². The highest BCUT2D eigenvalue weighted by Crippen LogP contribution is 2.35. The number of nitrogens with zero attached hydrogens (tertiary/aromatic N) is 1. The standard InChI is InChI=1S/C14H21N3O3S/c18-12(19)14(5-2-1-3-6-14)10-17-13(20)16-7-4-11-15-8-9-21-11/h8-9H,1-7,10H2,(H,18,19)(H2,16,17,20). The van der Waals surface area contributed by atoms with Crippen LogP contribution in [0.2, 0.25) is 0 Å². The van der Waals surface area contributed by atoms with Gasteiger partial charge in [-0.2, -0.15) is 0 Å². The number of aliphatic carboxylic acids is 1. The normalized spacial score (nSPS) is 17.1. The lowest BCUT2D eigenvalue weighted by atomic mass is 9.74. The van der Waals surface area contributed by atoms with Gasteiger partial charge in [-0.3, -0.25) is 4.79 Å². The fourth-order valence-electron chi connectivity index (χ4n) is 2.67. The molecule has 3 N–H and O–H groups in total. The first-order valence-electron chi connectivity index (χ1n) is 7.26. The molecule has 21 heavy (non-hydrogen) atoms. The molecular weight excluding hydrogens is 290 g/mol. The number of amides is 2. The highest BCUT2D eigenvalue weighted by Gasteiger charge is 2.39. The van der Waals surface area contributed by atoms with E-state index >= 15 is 0 Å². The molecule has 1 heterocycles. The van der Waals surface area contributed by atoms with Crippen molar-refractivity contribution < 1.29 is 14.7 Å². The van der Waals surface area contributed by atoms with Crippen LogP contribution in [0, 0.1) is 5.41 Å². The van der Waals surface area contributed by atoms with E-state index in [2.05, 4.69) is 15.6 Å². The second-order valence-electron chi connectivity index (χ2n) is 5.43. The third-order valence-corrected chi connectivity index (χ3v) is 4.80. The fourth-order valence-corrected chi connectivity index (χ4v) is 3.29. The molecule has 1 fully saturated rings. The molecule has 2 rings (SSSR count). The summed E-state index contributed by atoms with van der Waals surface area (Å²) in [6.07, 6.45) is 6.62. The van der Waals surface area contributed by atoms with Crippen LogP contribution in [0.25, 0.3) is 0 Å². The predicted octanol–water partition coefficient (Wildman–Crippen LogP) is 2.02. The number of carbonyl (C=O) groups excluding carboxylic acids is 1. The molecule has 0 aromatic carbocycles. The van der Waals surface area contributed by atoms with Crippen molar-refractivity contribution in [2.45, 2.75) is 38.5 Å². The molecule has 0 bridgehead atoms. The van der Waals surface area contributed by atoms with Gasteiger partial charge in [0.15, 0.2) is 0 Å². The van der Waals surface area contributed by atoms with Gasteiger partial charge in [0.05, 0.1) is 10.4 Å². The van der Waals surface area contributed by atoms with Crippen molar-refractivity contribution in [3.05, 3.63) is 16.6 Å². The van der Waals surface area contributed by atoms with Gasteiger partial charge in [-0.15, -0.1) is 11.3 Å². The molecule has 1 aliphatic carbocycles. The molecule has 0 radical (unpaired) electrons. The highest BCUT2D eigenvalue weighted by atomic mass is 32.1. The summed E-state index contributed by atoms with van der Waals surface area (Å²) in [5.41, 5.74) is -0.787. The van der Waals surface area contributed by atoms with Gasteiger partial charge in [-0.05, 0) is 12.8 Å². The molecule has 0 spiro atoms. The van der Waals surface area contributed by atoms with Gasteiger partial charge in [0.1, 0.15) is 0 Å². The van der Waals surface area contributed by atoms with Crippen molar-refractivity contribution in [3.8, 4) is 0 Å². The number of hydrogen-bond donors (Lipinski definition) is 3. The number of urea groups is 1. The molecule has 1 saturated carbocycles. The molecular formula is C14H21N3O3S. The number of nitrogens with one attached hydrogen (secondary N) is 2. The van der Waals surface area contributed by atoms with E-state index in [9.17, 15) is 14.7 Å². The quantitative estimate of drug-likeness (QED) is 0.749. The largest absolute Gasteiger partial charge is 0.481 e. The van der Waals surface area contributed by atoms with Crippen LogP contribution in [0.1, 0.15) is 37.1 Å². The number of rotatable bonds is 6. The van der Waals surface area contributed by atoms with Crippen LogP contribution < -0.4 is 10.6 Å². The lowest BCUT2D eigenvalue weighted by Gasteiger charge is -2.33. The van der Waals surface area contributed by atoms with E-state index in [4.69, 9.17) is 0 Å². The number of carboxylic acid groups (broad SMARTS) is 1. The van der Waals surface area contributed by atoms with Gasteiger partial charge in [0, 0.05) is 31.1 Å². The summed E-state index contributed by atoms with van der Waals surface area (Å²) in [7, 11) is 0. The molecule has 116 valence electrons. The predicted molar refractivity (Wildman–Crippen MR) is 80.4 cm³/mol. The van der Waals surface area contributed by atoms with E-state index in [1.165, 1.54) is 0 Å². The second-order valence-corrected chi connectivity index (χ2v) is 6.41. The number of thiazole rings is 1. The minimum atomic E-state index is -0.801. The second kappa shape index (κ2) is 7.40. The van der Waals surface area contributed by atoms with E-state index in [1.807, 2.05) is 5.38 Å². The molecule has 6 nitrogen and oxygen atoms in total. The SMILES string of the molecule is O=C(NCCc1nccs1)NCC1(C(=O)O)CCCCC1. The summed E-state index contributed by atoms with van der Waals surface area (Å²) < 4.78 is 0. The topological polar surface area (TPSA) is 91.3 Å². The van der Waals surface area contributed by atoms with Crippen LogP contribution in [0.4, 0.5) is 4.79 Å². The zero-order valence-electron chi connectivity index (χ0n) is 11.9. The summed E-state index contributed by atoms with van der Waals surface area (Å²) in [5, 5.41) is 17.7. The molecule has 7 heteroatoms. The third kappa shape index (κ3) is 4.42. The zero-order valence-corrected chi connectivity index (χ0v) is 12.7. The van der Waals surface area contributed by atoms with E-state index in [0.29, 0.717) is 25.8 Å². The van der Waals surface area contributed by atoms with Gasteiger partial charge in [0.25, 0.3) is 0 Å². The lowest BCUT2D eigenvalue weighted by Crippen LogP contribution is -2.47. The Labute approximate surface area is 128 Å². The summed E-state index contributed by atoms with van der Waals surface area (Å²) in [5.74, 6) is -0.801. The maximum absolute atomic E-state index is 11.7. The lowest BCUT2D eigenvalue weighted by molar-refractivity contribution is -0.150. The van der Waals surface area contributed by atoms with Crippen LogP contribution >= 0.6 is 11.3 Å². The first kappa shape index (κ1) is 15.8. The average molecular weight is 311 g/mol. The molecule has 1 aliphatic rings. The molecule has 1 aromatic heterocycles. The van der Waals surface area contributed by atoms with Crippen molar-refractivity contribution in [3.63, 3.8) is 0 Å². The molecule has 0 saturated heterocycles. The molecule has 2 amide bonds. The fraction of sp³-hybridized carbons (Fsp3) is 0.643. The van der Waals surface area contributed by atoms with Gasteiger partial charge in [0.2, 0.25) is 0 Å². The van der Waals surface area contributed by atoms with Crippen LogP contribution in [-0.2, 0) is 11.2 Å². The Hall–Kier alpha value is -1.63. The summed E-state index contributed by atoms with van der Waals surface area (Å²) >= 11 is 1.55. The molecule has 0 aliphatic heterocycles. The van der Waals surface area contributed by atoms with Crippen LogP contribution in [0.15, 0.2) is 11.6 Å². The Kier molecular flexibility index (Phi) is 5.55. The maximum Gasteiger partial charge on any atom is 0.314 e. The monoisotopic (exact) mass is 311 g/mol. The third-order valence-electron chi connectivity index (χ3n) is 3.96. The van der Waals surface area contributed by atoms with E-state index in [0.717, 1.165) is 24.3 Å². The highest BCUT2D eigenvalue weighted by molar-refractivity contribution is 7.09. The Morgan fingerprint density at radius 3 is 2.67 bits per heavy atom. The number of carbonyl (C=O) groups is 2. The summed E-state index contributed by atoms with van der Waals surface area (Å²) in [4.78, 5) is 27.4. The molecule has 0 atom stereocenters. The smallest absolute Gasteiger partial charge is 0.314 e. The van der Waals surface area contributed by atoms with Crippen molar-refractivity contribution in [2.75, 3.05) is 13.1 Å². The van der Waals surface area contributed by atoms with Crippen molar-refractivity contribution in [1.29, 1.82) is 0 Å². The van der Waals surface area contributed by atoms with Crippen molar-refractivity contribution in [2.24, 2.45) is 5.41 Å². The van der Waals surface area contributed by atoms with Crippen LogP contribution in [0.5, 0.6) is 0 Å². The first-order chi connectivity index (χ1) is 10.1. The van der Waals surface area contributed by atoms with Crippen molar-refractivity contribution >= 4 is 23.3 Å². The number of carboxylic acids is 1. The van der Waals surface area contributed by atoms with E-state index in [-0.39, 0.29) is 12.6 Å². The summed E-state index contributed by atoms with van der Waals surface area (Å²) in [6, 6.07) is -0.308. The Morgan fingerprint density at radius 1 is 1.29 bits per heavy atom. The van der Waals surface area contributed by atoms with Crippen molar-refractivity contribution in [1.82, 2.24) is 15.6 Å². The Morgan fingerprint density at radius 2 is 2.05 bits per heavy atom. The van der Waals surface area contributed by atoms with Gasteiger partial charge < -0.3 is 15.7 Å². The Balaban J connectivity index is 1.72. The van der Waals surface area contributed by atoms with Gasteiger partial charge in [-0.25, -0.2) is 9.78 Å². The minimum absolute atomic E-state index is 0.200. The van der Waals surface area contributed by atoms with E-state index < -0.39 is 11.4 Å². The maximum atomic E-state index is 11.7.